The van der Waals surface area contributed by atoms with E-state index in [0.29, 0.717) is 31.0 Å². The number of carbonyl (C=O) groups excluding carboxylic acids is 1. The topological polar surface area (TPSA) is 111 Å². The number of aromatic nitrogens is 2. The normalized spacial score (nSPS) is 19.7. The zero-order valence-corrected chi connectivity index (χ0v) is 15.5. The second-order valence-electron chi connectivity index (χ2n) is 6.02. The van der Waals surface area contributed by atoms with Gasteiger partial charge in [0.15, 0.2) is 11.5 Å². The summed E-state index contributed by atoms with van der Waals surface area (Å²) >= 11 is 0.848. The molecule has 1 aromatic carbocycles. The number of hydrogen-bond acceptors (Lipinski definition) is 8. The average molecular weight is 396 g/mol. The molecule has 1 aromatic heterocycles. The fourth-order valence-corrected chi connectivity index (χ4v) is 5.60. The fraction of sp³-hybridized carbons (Fsp3) is 0.400. The van der Waals surface area contributed by atoms with E-state index < -0.39 is 10.0 Å². The maximum Gasteiger partial charge on any atom is 0.272 e. The predicted molar refractivity (Wildman–Crippen MR) is 92.9 cm³/mol. The number of ether oxygens (including phenoxy) is 2. The number of amides is 1. The maximum atomic E-state index is 12.8. The van der Waals surface area contributed by atoms with Gasteiger partial charge in [0.1, 0.15) is 0 Å². The van der Waals surface area contributed by atoms with Gasteiger partial charge in [0.2, 0.25) is 22.2 Å². The lowest BCUT2D eigenvalue weighted by atomic mass is 9.98. The number of nitrogens with one attached hydrogen (secondary N) is 1. The van der Waals surface area contributed by atoms with Gasteiger partial charge in [0.05, 0.1) is 0 Å². The first kappa shape index (κ1) is 17.2. The number of carbonyl (C=O) groups is 1. The van der Waals surface area contributed by atoms with E-state index in [1.165, 1.54) is 11.2 Å². The minimum Gasteiger partial charge on any atom is -0.454 e. The molecule has 4 rings (SSSR count). The number of anilines is 1. The van der Waals surface area contributed by atoms with Crippen LogP contribution in [0, 0.1) is 0 Å². The fourth-order valence-electron chi connectivity index (χ4n) is 3.01. The highest BCUT2D eigenvalue weighted by molar-refractivity contribution is 7.91. The molecule has 0 spiro atoms. The third-order valence-electron chi connectivity index (χ3n) is 4.27. The molecule has 11 heteroatoms. The monoisotopic (exact) mass is 396 g/mol. The van der Waals surface area contributed by atoms with Gasteiger partial charge in [0.25, 0.3) is 10.0 Å². The van der Waals surface area contributed by atoms with Gasteiger partial charge in [-0.3, -0.25) is 4.79 Å². The van der Waals surface area contributed by atoms with E-state index in [-0.39, 0.29) is 28.1 Å². The summed E-state index contributed by atoms with van der Waals surface area (Å²) in [5.41, 5.74) is 1.02. The molecule has 138 valence electrons. The smallest absolute Gasteiger partial charge is 0.272 e. The molecule has 0 bridgehead atoms. The van der Waals surface area contributed by atoms with Gasteiger partial charge < -0.3 is 14.8 Å². The molecule has 1 amide bonds. The van der Waals surface area contributed by atoms with Crippen LogP contribution in [0.25, 0.3) is 0 Å². The zero-order chi connectivity index (χ0) is 18.3. The predicted octanol–water partition coefficient (Wildman–Crippen LogP) is 1.40. The molecule has 1 atom stereocenters. The Kier molecular flexibility index (Phi) is 4.29. The van der Waals surface area contributed by atoms with Gasteiger partial charge in [-0.25, -0.2) is 8.42 Å². The van der Waals surface area contributed by atoms with E-state index in [2.05, 4.69) is 15.5 Å². The van der Waals surface area contributed by atoms with Crippen molar-refractivity contribution in [3.63, 3.8) is 0 Å². The summed E-state index contributed by atoms with van der Waals surface area (Å²) in [4.78, 5) is 11.1. The quantitative estimate of drug-likeness (QED) is 0.778. The molecule has 26 heavy (non-hydrogen) atoms. The van der Waals surface area contributed by atoms with E-state index in [4.69, 9.17) is 9.47 Å². The Morgan fingerprint density at radius 1 is 1.31 bits per heavy atom. The van der Waals surface area contributed by atoms with Crippen molar-refractivity contribution in [2.24, 2.45) is 0 Å². The van der Waals surface area contributed by atoms with Gasteiger partial charge in [-0.15, -0.1) is 10.2 Å². The van der Waals surface area contributed by atoms with Crippen molar-refractivity contribution in [1.82, 2.24) is 14.5 Å². The van der Waals surface area contributed by atoms with E-state index >= 15 is 0 Å². The summed E-state index contributed by atoms with van der Waals surface area (Å²) in [6.07, 6.45) is 0.705. The van der Waals surface area contributed by atoms with Crippen LogP contribution in [-0.4, -0.2) is 48.7 Å². The zero-order valence-electron chi connectivity index (χ0n) is 13.8. The number of hydrogen-bond donors (Lipinski definition) is 1. The average Bonchev–Trinajstić information content (AvgIpc) is 3.33. The highest BCUT2D eigenvalue weighted by Crippen LogP contribution is 2.38. The number of benzene rings is 1. The second-order valence-corrected chi connectivity index (χ2v) is 9.10. The molecule has 2 aromatic rings. The SMILES string of the molecule is CC(=O)Nc1nnc(S(=O)(=O)N2CCC(c3ccc4c(c3)OCO4)C2)s1. The summed E-state index contributed by atoms with van der Waals surface area (Å²) in [7, 11) is -3.74. The van der Waals surface area contributed by atoms with Gasteiger partial charge in [-0.2, -0.15) is 4.31 Å². The summed E-state index contributed by atoms with van der Waals surface area (Å²) in [6.45, 7) is 2.29. The van der Waals surface area contributed by atoms with Crippen LogP contribution in [0.15, 0.2) is 22.5 Å². The lowest BCUT2D eigenvalue weighted by Gasteiger charge is -2.14. The van der Waals surface area contributed by atoms with Crippen molar-refractivity contribution in [2.45, 2.75) is 23.6 Å². The van der Waals surface area contributed by atoms with Gasteiger partial charge in [-0.1, -0.05) is 17.4 Å². The number of rotatable bonds is 4. The first-order chi connectivity index (χ1) is 12.4. The van der Waals surface area contributed by atoms with Crippen LogP contribution in [0.4, 0.5) is 5.13 Å². The van der Waals surface area contributed by atoms with Gasteiger partial charge in [0, 0.05) is 20.0 Å². The third-order valence-corrected chi connectivity index (χ3v) is 7.32. The molecule has 0 radical (unpaired) electrons. The van der Waals surface area contributed by atoms with Crippen molar-refractivity contribution in [3.05, 3.63) is 23.8 Å². The largest absolute Gasteiger partial charge is 0.454 e. The van der Waals surface area contributed by atoms with Crippen molar-refractivity contribution in [3.8, 4) is 11.5 Å². The Morgan fingerprint density at radius 2 is 2.12 bits per heavy atom. The van der Waals surface area contributed by atoms with Crippen LogP contribution in [0.1, 0.15) is 24.8 Å². The number of fused-ring (bicyclic) bond motifs is 1. The van der Waals surface area contributed by atoms with Gasteiger partial charge in [-0.05, 0) is 30.0 Å². The molecule has 2 aliphatic heterocycles. The third kappa shape index (κ3) is 3.13. The first-order valence-electron chi connectivity index (χ1n) is 7.94. The highest BCUT2D eigenvalue weighted by atomic mass is 32.2. The Bertz CT molecular complexity index is 959. The maximum absolute atomic E-state index is 12.8. The van der Waals surface area contributed by atoms with Crippen LogP contribution in [-0.2, 0) is 14.8 Å². The summed E-state index contributed by atoms with van der Waals surface area (Å²) in [5, 5.41) is 10.0. The minimum absolute atomic E-state index is 0.0713. The van der Waals surface area contributed by atoms with Crippen LogP contribution in [0.5, 0.6) is 11.5 Å². The van der Waals surface area contributed by atoms with E-state index in [0.717, 1.165) is 16.9 Å². The van der Waals surface area contributed by atoms with Crippen LogP contribution in [0.2, 0.25) is 0 Å². The van der Waals surface area contributed by atoms with Crippen molar-refractivity contribution in [1.29, 1.82) is 0 Å². The Morgan fingerprint density at radius 3 is 2.92 bits per heavy atom. The second kappa shape index (κ2) is 6.49. The lowest BCUT2D eigenvalue weighted by molar-refractivity contribution is -0.114. The minimum atomic E-state index is -3.74. The van der Waals surface area contributed by atoms with Crippen molar-refractivity contribution in [2.75, 3.05) is 25.2 Å². The summed E-state index contributed by atoms with van der Waals surface area (Å²) in [6, 6.07) is 5.69. The molecule has 1 N–H and O–H groups in total. The van der Waals surface area contributed by atoms with Crippen molar-refractivity contribution >= 4 is 32.4 Å². The standard InChI is InChI=1S/C15H16N4O5S2/c1-9(20)16-14-17-18-15(25-14)26(21,22)19-5-4-11(7-19)10-2-3-12-13(6-10)24-8-23-12/h2-3,6,11H,4-5,7-8H2,1H3,(H,16,17,20). The summed E-state index contributed by atoms with van der Waals surface area (Å²) < 4.78 is 37.5. The molecule has 9 nitrogen and oxygen atoms in total. The molecular weight excluding hydrogens is 380 g/mol. The Labute approximate surface area is 154 Å². The molecule has 0 aliphatic carbocycles. The Hall–Kier alpha value is -2.24. The molecule has 1 fully saturated rings. The van der Waals surface area contributed by atoms with E-state index in [9.17, 15) is 13.2 Å². The molecule has 1 saturated heterocycles. The van der Waals surface area contributed by atoms with Crippen molar-refractivity contribution < 1.29 is 22.7 Å². The lowest BCUT2D eigenvalue weighted by Crippen LogP contribution is -2.28. The summed E-state index contributed by atoms with van der Waals surface area (Å²) in [5.74, 6) is 1.14. The molecule has 3 heterocycles. The number of nitrogens with zero attached hydrogens (tertiary/aromatic N) is 3. The van der Waals surface area contributed by atoms with E-state index in [1.54, 1.807) is 0 Å². The van der Waals surface area contributed by atoms with Crippen LogP contribution >= 0.6 is 11.3 Å². The van der Waals surface area contributed by atoms with Crippen LogP contribution < -0.4 is 14.8 Å². The molecule has 2 aliphatic rings. The first-order valence-corrected chi connectivity index (χ1v) is 10.2. The Balaban J connectivity index is 1.50. The van der Waals surface area contributed by atoms with Crippen LogP contribution in [0.3, 0.4) is 0 Å². The molecule has 1 unspecified atom stereocenters. The van der Waals surface area contributed by atoms with E-state index in [1.807, 2.05) is 18.2 Å². The highest BCUT2D eigenvalue weighted by Gasteiger charge is 2.36. The molecule has 0 saturated carbocycles. The number of sulfonamides is 1. The van der Waals surface area contributed by atoms with Gasteiger partial charge >= 0.3 is 0 Å². The molecular formula is C15H16N4O5S2.